The molecular weight excluding hydrogens is 245 g/mol. The topological polar surface area (TPSA) is 0 Å². The van der Waals surface area contributed by atoms with Gasteiger partial charge in [0.15, 0.2) is 0 Å². The van der Waals surface area contributed by atoms with Crippen LogP contribution in [-0.2, 0) is 6.18 Å². The first-order valence-corrected chi connectivity index (χ1v) is 5.35. The Hall–Kier alpha value is -0.740. The Morgan fingerprint density at radius 1 is 1.27 bits per heavy atom. The van der Waals surface area contributed by atoms with Crippen molar-refractivity contribution in [2.24, 2.45) is 0 Å². The largest absolute Gasteiger partial charge is 0.416 e. The fourth-order valence-electron chi connectivity index (χ4n) is 1.37. The van der Waals surface area contributed by atoms with Crippen LogP contribution in [0.2, 0.25) is 4.34 Å². The maximum atomic E-state index is 12.4. The molecule has 0 unspecified atom stereocenters. The number of fused-ring (bicyclic) bond motifs is 1. The average Bonchev–Trinajstić information content (AvgIpc) is 2.41. The smallest absolute Gasteiger partial charge is 0.166 e. The van der Waals surface area contributed by atoms with Crippen molar-refractivity contribution in [3.63, 3.8) is 0 Å². The van der Waals surface area contributed by atoms with Gasteiger partial charge in [-0.25, -0.2) is 0 Å². The molecule has 0 saturated carbocycles. The van der Waals surface area contributed by atoms with E-state index in [0.717, 1.165) is 23.1 Å². The summed E-state index contributed by atoms with van der Waals surface area (Å²) in [6.45, 7) is 1.80. The van der Waals surface area contributed by atoms with E-state index in [2.05, 4.69) is 0 Å². The minimum atomic E-state index is -4.29. The minimum absolute atomic E-state index is 0.546. The molecule has 1 heterocycles. The van der Waals surface area contributed by atoms with E-state index in [1.165, 1.54) is 17.4 Å². The summed E-state index contributed by atoms with van der Waals surface area (Å²) in [5.74, 6) is 0. The molecule has 5 heteroatoms. The lowest BCUT2D eigenvalue weighted by Crippen LogP contribution is -2.03. The Morgan fingerprint density at radius 2 is 1.93 bits per heavy atom. The average molecular weight is 251 g/mol. The van der Waals surface area contributed by atoms with E-state index in [4.69, 9.17) is 11.6 Å². The van der Waals surface area contributed by atoms with Crippen LogP contribution in [0.4, 0.5) is 13.2 Å². The van der Waals surface area contributed by atoms with E-state index < -0.39 is 11.7 Å². The summed E-state index contributed by atoms with van der Waals surface area (Å²) >= 11 is 7.03. The van der Waals surface area contributed by atoms with Gasteiger partial charge in [-0.1, -0.05) is 17.7 Å². The monoisotopic (exact) mass is 250 g/mol. The number of aryl methyl sites for hydroxylation is 1. The van der Waals surface area contributed by atoms with Crippen LogP contribution < -0.4 is 0 Å². The quantitative estimate of drug-likeness (QED) is 0.625. The number of hydrogen-bond donors (Lipinski definition) is 0. The van der Waals surface area contributed by atoms with Gasteiger partial charge in [-0.2, -0.15) is 13.2 Å². The maximum absolute atomic E-state index is 12.4. The van der Waals surface area contributed by atoms with Gasteiger partial charge in [0, 0.05) is 4.70 Å². The van der Waals surface area contributed by atoms with Crippen molar-refractivity contribution < 1.29 is 13.2 Å². The lowest BCUT2D eigenvalue weighted by atomic mass is 10.1. The molecule has 0 bridgehead atoms. The summed E-state index contributed by atoms with van der Waals surface area (Å²) in [7, 11) is 0. The molecule has 0 nitrogen and oxygen atoms in total. The SMILES string of the molecule is Cc1c(Cl)sc2cc(C(F)(F)F)ccc12. The third-order valence-corrected chi connectivity index (χ3v) is 3.77. The number of alkyl halides is 3. The summed E-state index contributed by atoms with van der Waals surface area (Å²) in [6, 6.07) is 3.69. The maximum Gasteiger partial charge on any atom is 0.416 e. The Kier molecular flexibility index (Phi) is 2.43. The summed E-state index contributed by atoms with van der Waals surface area (Å²) in [5, 5.41) is 0.790. The number of benzene rings is 1. The van der Waals surface area contributed by atoms with Gasteiger partial charge >= 0.3 is 6.18 Å². The van der Waals surface area contributed by atoms with Crippen LogP contribution in [0.1, 0.15) is 11.1 Å². The Labute approximate surface area is 93.3 Å². The molecule has 0 aliphatic carbocycles. The first-order valence-electron chi connectivity index (χ1n) is 4.15. The molecule has 0 aliphatic heterocycles. The van der Waals surface area contributed by atoms with Crippen LogP contribution in [0.25, 0.3) is 10.1 Å². The van der Waals surface area contributed by atoms with Crippen LogP contribution in [0, 0.1) is 6.92 Å². The normalized spacial score (nSPS) is 12.3. The second-order valence-corrected chi connectivity index (χ2v) is 4.86. The zero-order valence-electron chi connectivity index (χ0n) is 7.65. The molecule has 1 aromatic carbocycles. The minimum Gasteiger partial charge on any atom is -0.166 e. The molecule has 0 amide bonds. The lowest BCUT2D eigenvalue weighted by molar-refractivity contribution is -0.137. The zero-order valence-corrected chi connectivity index (χ0v) is 9.22. The van der Waals surface area contributed by atoms with Gasteiger partial charge in [0.25, 0.3) is 0 Å². The third kappa shape index (κ3) is 1.84. The van der Waals surface area contributed by atoms with Crippen molar-refractivity contribution in [1.29, 1.82) is 0 Å². The number of halogens is 4. The highest BCUT2D eigenvalue weighted by Gasteiger charge is 2.30. The van der Waals surface area contributed by atoms with E-state index in [1.54, 1.807) is 6.92 Å². The summed E-state index contributed by atoms with van der Waals surface area (Å²) in [6.07, 6.45) is -4.29. The number of rotatable bonds is 0. The predicted octanol–water partition coefficient (Wildman–Crippen LogP) is 4.88. The first kappa shape index (κ1) is 10.8. The highest BCUT2D eigenvalue weighted by Crippen LogP contribution is 2.38. The summed E-state index contributed by atoms with van der Waals surface area (Å²) in [5.41, 5.74) is 0.207. The van der Waals surface area contributed by atoms with Gasteiger partial charge in [0.05, 0.1) is 9.90 Å². The second-order valence-electron chi connectivity index (χ2n) is 3.21. The van der Waals surface area contributed by atoms with Gasteiger partial charge in [-0.05, 0) is 30.0 Å². The molecule has 2 rings (SSSR count). The van der Waals surface area contributed by atoms with Crippen LogP contribution in [0.15, 0.2) is 18.2 Å². The molecule has 0 aliphatic rings. The Morgan fingerprint density at radius 3 is 2.53 bits per heavy atom. The van der Waals surface area contributed by atoms with E-state index >= 15 is 0 Å². The number of hydrogen-bond acceptors (Lipinski definition) is 1. The zero-order chi connectivity index (χ0) is 11.2. The van der Waals surface area contributed by atoms with Gasteiger partial charge in [0.2, 0.25) is 0 Å². The molecule has 15 heavy (non-hydrogen) atoms. The Balaban J connectivity index is 2.67. The van der Waals surface area contributed by atoms with Crippen LogP contribution in [0.3, 0.4) is 0 Å². The van der Waals surface area contributed by atoms with E-state index in [9.17, 15) is 13.2 Å². The van der Waals surface area contributed by atoms with Gasteiger partial charge in [0.1, 0.15) is 0 Å². The van der Waals surface area contributed by atoms with Crippen LogP contribution in [0.5, 0.6) is 0 Å². The van der Waals surface area contributed by atoms with Crippen molar-refractivity contribution in [1.82, 2.24) is 0 Å². The molecule has 80 valence electrons. The standard InChI is InChI=1S/C10H6ClF3S/c1-5-7-3-2-6(10(12,13)14)4-8(7)15-9(5)11/h2-4H,1H3. The molecule has 0 spiro atoms. The molecule has 0 atom stereocenters. The van der Waals surface area contributed by atoms with Gasteiger partial charge in [-0.15, -0.1) is 11.3 Å². The highest BCUT2D eigenvalue weighted by molar-refractivity contribution is 7.22. The summed E-state index contributed by atoms with van der Waals surface area (Å²) < 4.78 is 38.3. The lowest BCUT2D eigenvalue weighted by Gasteiger charge is -2.05. The van der Waals surface area contributed by atoms with E-state index in [0.29, 0.717) is 9.04 Å². The fourth-order valence-corrected chi connectivity index (χ4v) is 2.70. The van der Waals surface area contributed by atoms with Gasteiger partial charge in [-0.3, -0.25) is 0 Å². The van der Waals surface area contributed by atoms with Crippen LogP contribution in [-0.4, -0.2) is 0 Å². The van der Waals surface area contributed by atoms with E-state index in [-0.39, 0.29) is 0 Å². The first-order chi connectivity index (χ1) is 6.89. The van der Waals surface area contributed by atoms with Crippen molar-refractivity contribution in [3.05, 3.63) is 33.7 Å². The molecule has 2 aromatic rings. The number of thiophene rings is 1. The summed E-state index contributed by atoms with van der Waals surface area (Å²) in [4.78, 5) is 0. The molecule has 0 radical (unpaired) electrons. The molecular formula is C10H6ClF3S. The fraction of sp³-hybridized carbons (Fsp3) is 0.200. The van der Waals surface area contributed by atoms with Gasteiger partial charge < -0.3 is 0 Å². The molecule has 0 fully saturated rings. The Bertz CT molecular complexity index is 513. The molecule has 0 saturated heterocycles. The van der Waals surface area contributed by atoms with E-state index in [1.807, 2.05) is 0 Å². The second kappa shape index (κ2) is 3.39. The van der Waals surface area contributed by atoms with Crippen molar-refractivity contribution in [2.45, 2.75) is 13.1 Å². The van der Waals surface area contributed by atoms with Crippen molar-refractivity contribution in [3.8, 4) is 0 Å². The third-order valence-electron chi connectivity index (χ3n) is 2.21. The molecule has 0 N–H and O–H groups in total. The van der Waals surface area contributed by atoms with Crippen molar-refractivity contribution in [2.75, 3.05) is 0 Å². The molecule has 1 aromatic heterocycles. The highest BCUT2D eigenvalue weighted by atomic mass is 35.5. The predicted molar refractivity (Wildman–Crippen MR) is 56.6 cm³/mol. The van der Waals surface area contributed by atoms with Crippen LogP contribution >= 0.6 is 22.9 Å². The van der Waals surface area contributed by atoms with Crippen molar-refractivity contribution >= 4 is 33.0 Å².